The van der Waals surface area contributed by atoms with Gasteiger partial charge in [0.15, 0.2) is 5.78 Å². The van der Waals surface area contributed by atoms with E-state index in [0.29, 0.717) is 6.92 Å². The van der Waals surface area contributed by atoms with Crippen LogP contribution in [0.4, 0.5) is 35.1 Å². The van der Waals surface area contributed by atoms with Crippen molar-refractivity contribution in [2.45, 2.75) is 64.9 Å². The molecule has 2 rings (SSSR count). The van der Waals surface area contributed by atoms with Gasteiger partial charge < -0.3 is 10.1 Å². The van der Waals surface area contributed by atoms with Crippen LogP contribution >= 0.6 is 23.2 Å². The smallest absolute Gasteiger partial charge is 0.408 e. The molecule has 232 valence electrons. The number of halogens is 10. The van der Waals surface area contributed by atoms with E-state index in [2.05, 4.69) is 0 Å². The molecule has 0 fully saturated rings. The highest BCUT2D eigenvalue weighted by Crippen LogP contribution is 2.40. The van der Waals surface area contributed by atoms with Gasteiger partial charge in [-0.15, -0.1) is 0 Å². The number of aryl methyl sites for hydroxylation is 1. The molecule has 5 nitrogen and oxygen atoms in total. The summed E-state index contributed by atoms with van der Waals surface area (Å²) in [6, 6.07) is 3.54. The number of hydrogen-bond donors (Lipinski definition) is 1. The Balaban J connectivity index is 2.35. The summed E-state index contributed by atoms with van der Waals surface area (Å²) < 4.78 is 109. The summed E-state index contributed by atoms with van der Waals surface area (Å²) in [5, 5.41) is 1.33. The van der Waals surface area contributed by atoms with Crippen LogP contribution in [-0.2, 0) is 17.6 Å². The summed E-state index contributed by atoms with van der Waals surface area (Å²) in [5.41, 5.74) is -3.19. The number of ketones is 2. The quantitative estimate of drug-likeness (QED) is 0.188. The van der Waals surface area contributed by atoms with Crippen LogP contribution in [-0.4, -0.2) is 48.9 Å². The van der Waals surface area contributed by atoms with E-state index in [1.165, 1.54) is 18.2 Å². The van der Waals surface area contributed by atoms with Crippen molar-refractivity contribution in [3.05, 3.63) is 62.6 Å². The van der Waals surface area contributed by atoms with Gasteiger partial charge in [0, 0.05) is 12.8 Å². The standard InChI is InChI=1S/C27H25Cl2F8NO4/c1-13(26(32,33)34)38-24(41)16-10-14(4-8-19(16)42-12-21(30)31)11-18(39)22-17(28)7-5-15(23(22)29)6-9-20(40)25(2,3)27(35,36)37/h4-5,7-8,10,13,21H,6,9,11-12H2,1-3H3,(H,38,41). The molecule has 0 heterocycles. The van der Waals surface area contributed by atoms with Gasteiger partial charge in [0.25, 0.3) is 12.3 Å². The first-order chi connectivity index (χ1) is 19.2. The van der Waals surface area contributed by atoms with Crippen LogP contribution < -0.4 is 10.1 Å². The van der Waals surface area contributed by atoms with Crippen molar-refractivity contribution in [2.75, 3.05) is 6.61 Å². The second kappa shape index (κ2) is 13.6. The zero-order valence-electron chi connectivity index (χ0n) is 22.3. The molecule has 1 unspecified atom stereocenters. The van der Waals surface area contributed by atoms with Gasteiger partial charge in [-0.25, -0.2) is 8.78 Å². The number of carbonyl (C=O) groups is 3. The second-order valence-electron chi connectivity index (χ2n) is 9.81. The Morgan fingerprint density at radius 3 is 2.14 bits per heavy atom. The SMILES string of the molecule is CC(NC(=O)c1cc(CC(=O)c2c(Cl)ccc(CCC(=O)C(C)(C)C(F)(F)F)c2Cl)ccc1OCC(F)F)C(F)(F)F. The molecule has 0 aliphatic rings. The van der Waals surface area contributed by atoms with Crippen LogP contribution in [0, 0.1) is 5.41 Å². The third-order valence-corrected chi connectivity index (χ3v) is 7.08. The predicted octanol–water partition coefficient (Wildman–Crippen LogP) is 7.83. The van der Waals surface area contributed by atoms with E-state index in [1.807, 2.05) is 0 Å². The number of nitrogens with one attached hydrogen (secondary N) is 1. The lowest BCUT2D eigenvalue weighted by atomic mass is 9.84. The van der Waals surface area contributed by atoms with Gasteiger partial charge in [0.05, 0.1) is 21.2 Å². The molecule has 1 N–H and O–H groups in total. The maximum Gasteiger partial charge on any atom is 0.408 e. The minimum atomic E-state index is -4.81. The van der Waals surface area contributed by atoms with Crippen LogP contribution in [0.2, 0.25) is 10.0 Å². The summed E-state index contributed by atoms with van der Waals surface area (Å²) in [5.74, 6) is -3.61. The summed E-state index contributed by atoms with van der Waals surface area (Å²) in [6.07, 6.45) is -13.9. The molecule has 42 heavy (non-hydrogen) atoms. The molecule has 0 radical (unpaired) electrons. The van der Waals surface area contributed by atoms with Crippen molar-refractivity contribution in [3.8, 4) is 5.75 Å². The fourth-order valence-corrected chi connectivity index (χ4v) is 4.21. The van der Waals surface area contributed by atoms with Gasteiger partial charge in [-0.05, 0) is 56.5 Å². The highest BCUT2D eigenvalue weighted by molar-refractivity contribution is 6.40. The number of ether oxygens (including phenoxy) is 1. The van der Waals surface area contributed by atoms with E-state index >= 15 is 0 Å². The first-order valence-electron chi connectivity index (χ1n) is 12.2. The molecule has 0 spiro atoms. The number of hydrogen-bond acceptors (Lipinski definition) is 4. The van der Waals surface area contributed by atoms with Crippen LogP contribution in [0.5, 0.6) is 5.75 Å². The van der Waals surface area contributed by atoms with Gasteiger partial charge in [-0.3, -0.25) is 14.4 Å². The maximum atomic E-state index is 13.2. The Morgan fingerprint density at radius 1 is 0.976 bits per heavy atom. The van der Waals surface area contributed by atoms with Crippen molar-refractivity contribution in [1.29, 1.82) is 0 Å². The minimum absolute atomic E-state index is 0.0499. The first-order valence-corrected chi connectivity index (χ1v) is 12.9. The van der Waals surface area contributed by atoms with Gasteiger partial charge >= 0.3 is 12.4 Å². The average molecular weight is 650 g/mol. The van der Waals surface area contributed by atoms with E-state index in [1.54, 1.807) is 5.32 Å². The molecule has 0 aromatic heterocycles. The summed E-state index contributed by atoms with van der Waals surface area (Å²) in [4.78, 5) is 38.0. The number of Topliss-reactive ketones (excluding diaryl/α,β-unsaturated/α-hetero) is 2. The molecule has 15 heteroatoms. The average Bonchev–Trinajstić information content (AvgIpc) is 2.85. The summed E-state index contributed by atoms with van der Waals surface area (Å²) in [7, 11) is 0. The Kier molecular flexibility index (Phi) is 11.4. The second-order valence-corrected chi connectivity index (χ2v) is 10.6. The van der Waals surface area contributed by atoms with Crippen molar-refractivity contribution in [2.24, 2.45) is 5.41 Å². The predicted molar refractivity (Wildman–Crippen MR) is 139 cm³/mol. The zero-order valence-corrected chi connectivity index (χ0v) is 23.8. The van der Waals surface area contributed by atoms with Crippen molar-refractivity contribution in [1.82, 2.24) is 5.32 Å². The van der Waals surface area contributed by atoms with Crippen LogP contribution in [0.25, 0.3) is 0 Å². The third-order valence-electron chi connectivity index (χ3n) is 6.33. The number of carbonyl (C=O) groups excluding carboxylic acids is 3. The number of alkyl halides is 8. The number of amides is 1. The van der Waals surface area contributed by atoms with E-state index in [0.717, 1.165) is 26.0 Å². The normalized spacial score (nSPS) is 13.2. The summed E-state index contributed by atoms with van der Waals surface area (Å²) >= 11 is 12.5. The topological polar surface area (TPSA) is 72.5 Å². The Hall–Kier alpha value is -2.93. The number of benzene rings is 2. The Morgan fingerprint density at radius 2 is 1.60 bits per heavy atom. The lowest BCUT2D eigenvalue weighted by Gasteiger charge is -2.26. The zero-order chi connectivity index (χ0) is 32.2. The maximum absolute atomic E-state index is 13.2. The Labute approximate surface area is 245 Å². The van der Waals surface area contributed by atoms with Gasteiger partial charge in [-0.2, -0.15) is 26.3 Å². The van der Waals surface area contributed by atoms with Gasteiger partial charge in [-0.1, -0.05) is 35.3 Å². The van der Waals surface area contributed by atoms with Crippen LogP contribution in [0.15, 0.2) is 30.3 Å². The minimum Gasteiger partial charge on any atom is -0.487 e. The first kappa shape index (κ1) is 35.3. The fraction of sp³-hybridized carbons (Fsp3) is 0.444. The van der Waals surface area contributed by atoms with E-state index < -0.39 is 78.5 Å². The summed E-state index contributed by atoms with van der Waals surface area (Å²) in [6.45, 7) is 0.999. The molecule has 1 atom stereocenters. The lowest BCUT2D eigenvalue weighted by molar-refractivity contribution is -0.210. The largest absolute Gasteiger partial charge is 0.487 e. The van der Waals surface area contributed by atoms with E-state index in [4.69, 9.17) is 27.9 Å². The Bertz CT molecular complexity index is 1330. The van der Waals surface area contributed by atoms with E-state index in [9.17, 15) is 49.5 Å². The highest BCUT2D eigenvalue weighted by atomic mass is 35.5. The van der Waals surface area contributed by atoms with Gasteiger partial charge in [0.2, 0.25) is 0 Å². The fourth-order valence-electron chi connectivity index (χ4n) is 3.54. The molecule has 0 saturated carbocycles. The van der Waals surface area contributed by atoms with Gasteiger partial charge in [0.1, 0.15) is 29.6 Å². The van der Waals surface area contributed by atoms with Crippen LogP contribution in [0.1, 0.15) is 59.0 Å². The van der Waals surface area contributed by atoms with E-state index in [-0.39, 0.29) is 33.2 Å². The molecule has 0 bridgehead atoms. The molecule has 2 aromatic rings. The van der Waals surface area contributed by atoms with Crippen molar-refractivity contribution >= 4 is 40.7 Å². The van der Waals surface area contributed by atoms with Crippen molar-refractivity contribution in [3.63, 3.8) is 0 Å². The third kappa shape index (κ3) is 8.79. The molecule has 0 aliphatic heterocycles. The monoisotopic (exact) mass is 649 g/mol. The molecule has 0 saturated heterocycles. The number of rotatable bonds is 12. The molecule has 2 aromatic carbocycles. The highest BCUT2D eigenvalue weighted by Gasteiger charge is 2.52. The molecular formula is C27H25Cl2F8NO4. The van der Waals surface area contributed by atoms with Crippen LogP contribution in [0.3, 0.4) is 0 Å². The van der Waals surface area contributed by atoms with Crippen molar-refractivity contribution < 1.29 is 54.2 Å². The molecular weight excluding hydrogens is 625 g/mol. The molecule has 1 amide bonds. The lowest BCUT2D eigenvalue weighted by Crippen LogP contribution is -2.43. The molecule has 0 aliphatic carbocycles.